The van der Waals surface area contributed by atoms with Crippen LogP contribution in [0.15, 0.2) is 17.5 Å². The lowest BCUT2D eigenvalue weighted by atomic mass is 10.0. The lowest BCUT2D eigenvalue weighted by Gasteiger charge is -2.24. The van der Waals surface area contributed by atoms with Crippen LogP contribution in [0.1, 0.15) is 16.6 Å². The van der Waals surface area contributed by atoms with Crippen LogP contribution in [0.5, 0.6) is 0 Å². The Hall–Kier alpha value is -1.90. The highest BCUT2D eigenvalue weighted by Gasteiger charge is 2.64. The quantitative estimate of drug-likeness (QED) is 0.684. The predicted octanol–water partition coefficient (Wildman–Crippen LogP) is 1.80. The highest BCUT2D eigenvalue weighted by molar-refractivity contribution is 7.12. The first-order valence-electron chi connectivity index (χ1n) is 5.44. The molecule has 0 saturated carbocycles. The molecule has 1 aliphatic rings. The molecule has 0 aliphatic carbocycles. The molecule has 1 aromatic rings. The number of halogens is 3. The van der Waals surface area contributed by atoms with E-state index >= 15 is 0 Å². The minimum Gasteiger partial charge on any atom is -0.316 e. The average Bonchev–Trinajstić information content (AvgIpc) is 2.92. The fourth-order valence-corrected chi connectivity index (χ4v) is 2.35. The zero-order valence-corrected chi connectivity index (χ0v) is 11.0. The van der Waals surface area contributed by atoms with Crippen molar-refractivity contribution in [3.05, 3.63) is 22.4 Å². The Morgan fingerprint density at radius 3 is 2.55 bits per heavy atom. The van der Waals surface area contributed by atoms with Gasteiger partial charge in [-0.1, -0.05) is 6.07 Å². The van der Waals surface area contributed by atoms with Gasteiger partial charge in [-0.25, -0.2) is 4.79 Å². The minimum absolute atomic E-state index is 0.270. The maximum absolute atomic E-state index is 12.8. The predicted molar refractivity (Wildman–Crippen MR) is 63.4 cm³/mol. The summed E-state index contributed by atoms with van der Waals surface area (Å²) >= 11 is 1.08. The van der Waals surface area contributed by atoms with E-state index in [2.05, 4.69) is 0 Å². The third-order valence-electron chi connectivity index (χ3n) is 2.94. The van der Waals surface area contributed by atoms with Crippen molar-refractivity contribution in [2.24, 2.45) is 0 Å². The lowest BCUT2D eigenvalue weighted by Crippen LogP contribution is -2.56. The van der Waals surface area contributed by atoms with E-state index in [0.717, 1.165) is 11.3 Å². The van der Waals surface area contributed by atoms with E-state index in [1.807, 2.05) is 0 Å². The number of alkyl halides is 3. The van der Waals surface area contributed by atoms with Crippen molar-refractivity contribution < 1.29 is 27.6 Å². The summed E-state index contributed by atoms with van der Waals surface area (Å²) in [4.78, 5) is 35.6. The summed E-state index contributed by atoms with van der Waals surface area (Å²) in [6.45, 7) is -0.139. The summed E-state index contributed by atoms with van der Waals surface area (Å²) in [6.07, 6.45) is -4.93. The smallest absolute Gasteiger partial charge is 0.316 e. The van der Waals surface area contributed by atoms with Gasteiger partial charge in [-0.05, 0) is 18.4 Å². The van der Waals surface area contributed by atoms with Crippen LogP contribution in [-0.2, 0) is 4.79 Å². The van der Waals surface area contributed by atoms with Crippen molar-refractivity contribution in [3.63, 3.8) is 0 Å². The van der Waals surface area contributed by atoms with E-state index in [4.69, 9.17) is 0 Å². The molecule has 1 aromatic heterocycles. The van der Waals surface area contributed by atoms with Crippen molar-refractivity contribution in [1.82, 2.24) is 10.2 Å². The Labute approximate surface area is 115 Å². The standard InChI is InChI=1S/C11H9F3N2O3S/c1-10(11(12,13)14)8(18)16(9(19)15-10)5-6(17)7-3-2-4-20-7/h2-4H,5H2,1H3,(H,15,19). The summed E-state index contributed by atoms with van der Waals surface area (Å²) in [7, 11) is 0. The lowest BCUT2D eigenvalue weighted by molar-refractivity contribution is -0.190. The van der Waals surface area contributed by atoms with Crippen molar-refractivity contribution >= 4 is 29.1 Å². The van der Waals surface area contributed by atoms with Gasteiger partial charge < -0.3 is 5.32 Å². The highest BCUT2D eigenvalue weighted by Crippen LogP contribution is 2.35. The number of hydrogen-bond acceptors (Lipinski definition) is 4. The van der Waals surface area contributed by atoms with E-state index in [0.29, 0.717) is 6.92 Å². The van der Waals surface area contributed by atoms with Crippen molar-refractivity contribution in [2.45, 2.75) is 18.6 Å². The van der Waals surface area contributed by atoms with Gasteiger partial charge in [0.1, 0.15) is 0 Å². The average molecular weight is 306 g/mol. The van der Waals surface area contributed by atoms with Gasteiger partial charge in [-0.15, -0.1) is 11.3 Å². The molecule has 0 aromatic carbocycles. The molecular weight excluding hydrogens is 297 g/mol. The number of amides is 3. The Kier molecular flexibility index (Phi) is 3.32. The zero-order valence-electron chi connectivity index (χ0n) is 10.2. The number of carbonyl (C=O) groups is 3. The molecule has 20 heavy (non-hydrogen) atoms. The van der Waals surface area contributed by atoms with E-state index in [-0.39, 0.29) is 9.78 Å². The Balaban J connectivity index is 2.20. The number of ketones is 1. The maximum Gasteiger partial charge on any atom is 0.420 e. The second-order valence-corrected chi connectivity index (χ2v) is 5.29. The van der Waals surface area contributed by atoms with Crippen molar-refractivity contribution in [2.75, 3.05) is 6.54 Å². The van der Waals surface area contributed by atoms with Crippen LogP contribution < -0.4 is 5.32 Å². The topological polar surface area (TPSA) is 66.5 Å². The molecule has 1 saturated heterocycles. The number of thiophene rings is 1. The van der Waals surface area contributed by atoms with E-state index < -0.39 is 36.0 Å². The first kappa shape index (κ1) is 14.5. The molecule has 0 spiro atoms. The number of nitrogens with zero attached hydrogens (tertiary/aromatic N) is 1. The summed E-state index contributed by atoms with van der Waals surface area (Å²) in [5.74, 6) is -2.06. The van der Waals surface area contributed by atoms with Crippen LogP contribution in [0.25, 0.3) is 0 Å². The van der Waals surface area contributed by atoms with Crippen LogP contribution in [0.3, 0.4) is 0 Å². The number of imide groups is 1. The highest BCUT2D eigenvalue weighted by atomic mass is 32.1. The molecule has 1 N–H and O–H groups in total. The van der Waals surface area contributed by atoms with Gasteiger partial charge in [0.15, 0.2) is 5.78 Å². The van der Waals surface area contributed by atoms with Crippen LogP contribution in [0.2, 0.25) is 0 Å². The number of hydrogen-bond donors (Lipinski definition) is 1. The number of urea groups is 1. The normalized spacial score (nSPS) is 23.1. The number of carbonyl (C=O) groups excluding carboxylic acids is 3. The van der Waals surface area contributed by atoms with Gasteiger partial charge in [0.25, 0.3) is 5.91 Å². The number of nitrogens with one attached hydrogen (secondary N) is 1. The molecule has 1 unspecified atom stereocenters. The van der Waals surface area contributed by atoms with Crippen LogP contribution >= 0.6 is 11.3 Å². The van der Waals surface area contributed by atoms with Gasteiger partial charge in [-0.2, -0.15) is 13.2 Å². The number of rotatable bonds is 3. The molecule has 108 valence electrons. The van der Waals surface area contributed by atoms with Gasteiger partial charge >= 0.3 is 12.2 Å². The summed E-state index contributed by atoms with van der Waals surface area (Å²) in [6, 6.07) is 1.83. The zero-order chi connectivity index (χ0) is 15.1. The fourth-order valence-electron chi connectivity index (χ4n) is 1.69. The summed E-state index contributed by atoms with van der Waals surface area (Å²) in [5, 5.41) is 3.19. The van der Waals surface area contributed by atoms with E-state index in [1.165, 1.54) is 6.07 Å². The maximum atomic E-state index is 12.8. The third-order valence-corrected chi connectivity index (χ3v) is 3.85. The van der Waals surface area contributed by atoms with Crippen molar-refractivity contribution in [1.29, 1.82) is 0 Å². The molecule has 9 heteroatoms. The molecule has 1 fully saturated rings. The van der Waals surface area contributed by atoms with Crippen LogP contribution in [-0.4, -0.2) is 40.9 Å². The molecule has 0 radical (unpaired) electrons. The molecular formula is C11H9F3N2O3S. The largest absolute Gasteiger partial charge is 0.420 e. The molecule has 1 atom stereocenters. The van der Waals surface area contributed by atoms with E-state index in [1.54, 1.807) is 16.8 Å². The van der Waals surface area contributed by atoms with Crippen LogP contribution in [0, 0.1) is 0 Å². The van der Waals surface area contributed by atoms with Gasteiger partial charge in [0.05, 0.1) is 11.4 Å². The molecule has 1 aliphatic heterocycles. The van der Waals surface area contributed by atoms with Gasteiger partial charge in [0, 0.05) is 0 Å². The molecule has 3 amide bonds. The molecule has 2 heterocycles. The number of Topliss-reactive ketones (excluding diaryl/α,β-unsaturated/α-hetero) is 1. The Morgan fingerprint density at radius 2 is 2.10 bits per heavy atom. The van der Waals surface area contributed by atoms with Gasteiger partial charge in [-0.3, -0.25) is 14.5 Å². The first-order chi connectivity index (χ1) is 9.17. The second-order valence-electron chi connectivity index (χ2n) is 4.34. The minimum atomic E-state index is -4.93. The molecule has 0 bridgehead atoms. The summed E-state index contributed by atoms with van der Waals surface area (Å²) in [5.41, 5.74) is -2.99. The molecule has 2 rings (SSSR count). The van der Waals surface area contributed by atoms with Crippen LogP contribution in [0.4, 0.5) is 18.0 Å². The van der Waals surface area contributed by atoms with E-state index in [9.17, 15) is 27.6 Å². The Morgan fingerprint density at radius 1 is 1.45 bits per heavy atom. The molecule has 5 nitrogen and oxygen atoms in total. The van der Waals surface area contributed by atoms with Crippen molar-refractivity contribution in [3.8, 4) is 0 Å². The fraction of sp³-hybridized carbons (Fsp3) is 0.364. The summed E-state index contributed by atoms with van der Waals surface area (Å²) < 4.78 is 38.4. The Bertz CT molecular complexity index is 570. The SMILES string of the molecule is CC1(C(F)(F)F)NC(=O)N(CC(=O)c2cccs2)C1=O. The first-order valence-corrected chi connectivity index (χ1v) is 6.32. The third kappa shape index (κ3) is 2.17. The monoisotopic (exact) mass is 306 g/mol. The second kappa shape index (κ2) is 4.58. The van der Waals surface area contributed by atoms with Gasteiger partial charge in [0.2, 0.25) is 5.54 Å².